The van der Waals surface area contributed by atoms with Crippen molar-refractivity contribution in [3.63, 3.8) is 0 Å². The lowest BCUT2D eigenvalue weighted by atomic mass is 10.2. The Bertz CT molecular complexity index is 727. The molecule has 0 bridgehead atoms. The summed E-state index contributed by atoms with van der Waals surface area (Å²) in [7, 11) is 0. The molecule has 1 aromatic heterocycles. The maximum atomic E-state index is 11.4. The van der Waals surface area contributed by atoms with Crippen molar-refractivity contribution < 1.29 is 9.53 Å². The molecule has 1 fully saturated rings. The molecule has 7 nitrogen and oxygen atoms in total. The van der Waals surface area contributed by atoms with Crippen LogP contribution in [-0.4, -0.2) is 42.2 Å². The summed E-state index contributed by atoms with van der Waals surface area (Å²) in [4.78, 5) is 22.7. The Kier molecular flexibility index (Phi) is 5.45. The predicted molar refractivity (Wildman–Crippen MR) is 98.4 cm³/mol. The van der Waals surface area contributed by atoms with E-state index in [4.69, 9.17) is 4.74 Å². The molecule has 2 N–H and O–H groups in total. The second-order valence-corrected chi connectivity index (χ2v) is 5.89. The zero-order valence-electron chi connectivity index (χ0n) is 14.6. The Morgan fingerprint density at radius 1 is 1.16 bits per heavy atom. The fraction of sp³-hybridized carbons (Fsp3) is 0.389. The molecule has 0 spiro atoms. The monoisotopic (exact) mass is 341 g/mol. The van der Waals surface area contributed by atoms with Crippen LogP contribution in [0, 0.1) is 6.92 Å². The number of nitrogens with one attached hydrogen (secondary N) is 2. The van der Waals surface area contributed by atoms with Gasteiger partial charge in [0.25, 0.3) is 0 Å². The lowest BCUT2D eigenvalue weighted by Crippen LogP contribution is -2.36. The number of carbonyl (C=O) groups is 1. The minimum atomic E-state index is -0.00196. The molecular weight excluding hydrogens is 318 g/mol. The van der Waals surface area contributed by atoms with Crippen LogP contribution in [0.15, 0.2) is 30.3 Å². The summed E-state index contributed by atoms with van der Waals surface area (Å²) in [6, 6.07) is 9.49. The van der Waals surface area contributed by atoms with Crippen molar-refractivity contribution in [1.29, 1.82) is 0 Å². The van der Waals surface area contributed by atoms with Crippen LogP contribution in [0.1, 0.15) is 19.0 Å². The van der Waals surface area contributed by atoms with Gasteiger partial charge in [0.05, 0.1) is 13.2 Å². The minimum absolute atomic E-state index is 0.00196. The Morgan fingerprint density at radius 2 is 1.84 bits per heavy atom. The zero-order chi connectivity index (χ0) is 17.6. The molecule has 25 heavy (non-hydrogen) atoms. The van der Waals surface area contributed by atoms with Gasteiger partial charge in [0, 0.05) is 42.6 Å². The van der Waals surface area contributed by atoms with Gasteiger partial charge in [0.2, 0.25) is 11.9 Å². The minimum Gasteiger partial charge on any atom is -0.378 e. The van der Waals surface area contributed by atoms with E-state index in [9.17, 15) is 4.79 Å². The molecule has 132 valence electrons. The summed E-state index contributed by atoms with van der Waals surface area (Å²) in [5, 5.41) is 6.05. The van der Waals surface area contributed by atoms with Crippen LogP contribution in [0.5, 0.6) is 0 Å². The number of carbonyl (C=O) groups excluding carboxylic acids is 1. The van der Waals surface area contributed by atoms with Gasteiger partial charge in [-0.2, -0.15) is 4.98 Å². The first kappa shape index (κ1) is 17.2. The molecule has 0 atom stereocenters. The molecule has 0 saturated carbocycles. The van der Waals surface area contributed by atoms with Gasteiger partial charge < -0.3 is 20.3 Å². The number of morpholine rings is 1. The fourth-order valence-corrected chi connectivity index (χ4v) is 2.58. The maximum absolute atomic E-state index is 11.4. The molecule has 1 amide bonds. The standard InChI is InChI=1S/C18H23N5O2/c1-3-17(24)20-14-4-6-15(7-5-14)21-18-19-13(2)12-16(22-18)23-8-10-25-11-9-23/h4-7,12H,3,8-11H2,1-2H3,(H,20,24)(H,19,21,22). The number of hydrogen-bond acceptors (Lipinski definition) is 6. The number of nitrogens with zero attached hydrogens (tertiary/aromatic N) is 3. The van der Waals surface area contributed by atoms with Crippen molar-refractivity contribution in [3.05, 3.63) is 36.0 Å². The Labute approximate surface area is 147 Å². The first-order valence-electron chi connectivity index (χ1n) is 8.49. The zero-order valence-corrected chi connectivity index (χ0v) is 14.6. The van der Waals surface area contributed by atoms with Crippen LogP contribution in [0.4, 0.5) is 23.1 Å². The second-order valence-electron chi connectivity index (χ2n) is 5.89. The third kappa shape index (κ3) is 4.67. The lowest BCUT2D eigenvalue weighted by Gasteiger charge is -2.28. The number of benzene rings is 1. The molecule has 2 aromatic rings. The molecule has 0 unspecified atom stereocenters. The van der Waals surface area contributed by atoms with Crippen LogP contribution in [0.25, 0.3) is 0 Å². The number of aryl methyl sites for hydroxylation is 1. The highest BCUT2D eigenvalue weighted by Gasteiger charge is 2.14. The molecule has 7 heteroatoms. The Hall–Kier alpha value is -2.67. The number of hydrogen-bond donors (Lipinski definition) is 2. The SMILES string of the molecule is CCC(=O)Nc1ccc(Nc2nc(C)cc(N3CCOCC3)n2)cc1. The highest BCUT2D eigenvalue weighted by molar-refractivity contribution is 5.90. The van der Waals surface area contributed by atoms with E-state index in [-0.39, 0.29) is 5.91 Å². The summed E-state index contributed by atoms with van der Waals surface area (Å²) in [5.41, 5.74) is 2.55. The second kappa shape index (κ2) is 7.94. The van der Waals surface area contributed by atoms with E-state index in [1.54, 1.807) is 0 Å². The summed E-state index contributed by atoms with van der Waals surface area (Å²) in [6.07, 6.45) is 0.460. The number of anilines is 4. The first-order valence-corrected chi connectivity index (χ1v) is 8.49. The third-order valence-corrected chi connectivity index (χ3v) is 3.92. The predicted octanol–water partition coefficient (Wildman–Crippen LogP) is 2.71. The van der Waals surface area contributed by atoms with E-state index in [1.165, 1.54) is 0 Å². The van der Waals surface area contributed by atoms with Gasteiger partial charge in [-0.05, 0) is 31.2 Å². The highest BCUT2D eigenvalue weighted by Crippen LogP contribution is 2.20. The maximum Gasteiger partial charge on any atom is 0.229 e. The molecule has 1 aliphatic heterocycles. The lowest BCUT2D eigenvalue weighted by molar-refractivity contribution is -0.115. The third-order valence-electron chi connectivity index (χ3n) is 3.92. The quantitative estimate of drug-likeness (QED) is 0.870. The normalized spacial score (nSPS) is 14.2. The molecule has 0 aliphatic carbocycles. The summed E-state index contributed by atoms with van der Waals surface area (Å²) in [5.74, 6) is 1.47. The number of ether oxygens (including phenoxy) is 1. The summed E-state index contributed by atoms with van der Waals surface area (Å²) in [6.45, 7) is 6.89. The van der Waals surface area contributed by atoms with Crippen LogP contribution >= 0.6 is 0 Å². The van der Waals surface area contributed by atoms with Crippen LogP contribution in [-0.2, 0) is 9.53 Å². The molecule has 1 saturated heterocycles. The van der Waals surface area contributed by atoms with Crippen molar-refractivity contribution >= 4 is 29.0 Å². The van der Waals surface area contributed by atoms with Gasteiger partial charge >= 0.3 is 0 Å². The van der Waals surface area contributed by atoms with E-state index in [1.807, 2.05) is 44.2 Å². The molecular formula is C18H23N5O2. The van der Waals surface area contributed by atoms with Crippen LogP contribution < -0.4 is 15.5 Å². The average molecular weight is 341 g/mol. The number of aromatic nitrogens is 2. The van der Waals surface area contributed by atoms with Crippen LogP contribution in [0.3, 0.4) is 0 Å². The van der Waals surface area contributed by atoms with Crippen molar-refractivity contribution in [2.24, 2.45) is 0 Å². The van der Waals surface area contributed by atoms with Crippen molar-refractivity contribution in [3.8, 4) is 0 Å². The van der Waals surface area contributed by atoms with Crippen molar-refractivity contribution in [2.45, 2.75) is 20.3 Å². The Morgan fingerprint density at radius 3 is 2.52 bits per heavy atom. The van der Waals surface area contributed by atoms with E-state index in [0.717, 1.165) is 49.2 Å². The Balaban J connectivity index is 1.71. The molecule has 3 rings (SSSR count). The van der Waals surface area contributed by atoms with Crippen molar-refractivity contribution in [2.75, 3.05) is 41.8 Å². The molecule has 1 aliphatic rings. The number of rotatable bonds is 5. The largest absolute Gasteiger partial charge is 0.378 e. The summed E-state index contributed by atoms with van der Waals surface area (Å²) >= 11 is 0. The van der Waals surface area contributed by atoms with E-state index in [2.05, 4.69) is 25.5 Å². The fourth-order valence-electron chi connectivity index (χ4n) is 2.58. The van der Waals surface area contributed by atoms with E-state index in [0.29, 0.717) is 12.4 Å². The molecule has 1 aromatic carbocycles. The highest BCUT2D eigenvalue weighted by atomic mass is 16.5. The summed E-state index contributed by atoms with van der Waals surface area (Å²) < 4.78 is 5.39. The van der Waals surface area contributed by atoms with Gasteiger partial charge in [0.15, 0.2) is 0 Å². The van der Waals surface area contributed by atoms with E-state index >= 15 is 0 Å². The average Bonchev–Trinajstić information content (AvgIpc) is 2.63. The van der Waals surface area contributed by atoms with Gasteiger partial charge in [-0.3, -0.25) is 4.79 Å². The van der Waals surface area contributed by atoms with Gasteiger partial charge in [-0.1, -0.05) is 6.92 Å². The van der Waals surface area contributed by atoms with E-state index < -0.39 is 0 Å². The smallest absolute Gasteiger partial charge is 0.229 e. The first-order chi connectivity index (χ1) is 12.1. The molecule has 0 radical (unpaired) electrons. The molecule has 2 heterocycles. The number of amides is 1. The van der Waals surface area contributed by atoms with Gasteiger partial charge in [0.1, 0.15) is 5.82 Å². The van der Waals surface area contributed by atoms with Gasteiger partial charge in [-0.25, -0.2) is 4.98 Å². The van der Waals surface area contributed by atoms with Gasteiger partial charge in [-0.15, -0.1) is 0 Å². The van der Waals surface area contributed by atoms with Crippen molar-refractivity contribution in [1.82, 2.24) is 9.97 Å². The van der Waals surface area contributed by atoms with Crippen LogP contribution in [0.2, 0.25) is 0 Å². The topological polar surface area (TPSA) is 79.4 Å².